The second-order valence-electron chi connectivity index (χ2n) is 8.20. The van der Waals surface area contributed by atoms with Crippen molar-refractivity contribution in [3.8, 4) is 11.5 Å². The summed E-state index contributed by atoms with van der Waals surface area (Å²) in [6.45, 7) is 0.404. The van der Waals surface area contributed by atoms with Crippen LogP contribution in [0.3, 0.4) is 0 Å². The lowest BCUT2D eigenvalue weighted by Gasteiger charge is -2.48. The number of amides is 1. The van der Waals surface area contributed by atoms with E-state index in [0.717, 1.165) is 5.56 Å². The fourth-order valence-corrected chi connectivity index (χ4v) is 4.36. The molecule has 0 radical (unpaired) electrons. The molecule has 4 N–H and O–H groups in total. The summed E-state index contributed by atoms with van der Waals surface area (Å²) in [5, 5.41) is 21.2. The van der Waals surface area contributed by atoms with Gasteiger partial charge in [-0.2, -0.15) is 0 Å². The summed E-state index contributed by atoms with van der Waals surface area (Å²) in [7, 11) is 1.52. The fraction of sp³-hybridized carbons (Fsp3) is 0.269. The highest BCUT2D eigenvalue weighted by Gasteiger charge is 2.49. The number of aromatic hydroxyl groups is 1. The van der Waals surface area contributed by atoms with Gasteiger partial charge >= 0.3 is 0 Å². The first-order valence-corrected chi connectivity index (χ1v) is 10.9. The number of ether oxygens (including phenoxy) is 1. The molecule has 4 rings (SSSR count). The van der Waals surface area contributed by atoms with Crippen molar-refractivity contribution in [2.75, 3.05) is 12.0 Å². The average molecular weight is 451 g/mol. The highest BCUT2D eigenvalue weighted by molar-refractivity contribution is 6.03. The average Bonchev–Trinajstić information content (AvgIpc) is 2.83. The number of aliphatic hydroxyl groups excluding tert-OH is 1. The Labute approximate surface area is 192 Å². The van der Waals surface area contributed by atoms with Crippen LogP contribution < -0.4 is 15.4 Å². The first-order chi connectivity index (χ1) is 15.9. The summed E-state index contributed by atoms with van der Waals surface area (Å²) in [4.78, 5) is 14.9. The van der Waals surface area contributed by atoms with Crippen molar-refractivity contribution in [3.63, 3.8) is 0 Å². The topological polar surface area (TPSA) is 96.0 Å². The van der Waals surface area contributed by atoms with Gasteiger partial charge in [-0.15, -0.1) is 0 Å². The summed E-state index contributed by atoms with van der Waals surface area (Å²) >= 11 is 0. The van der Waals surface area contributed by atoms with E-state index >= 15 is 0 Å². The smallest absolute Gasteiger partial charge is 0.233 e. The van der Waals surface area contributed by atoms with Crippen molar-refractivity contribution in [2.45, 2.75) is 31.5 Å². The molecule has 7 heteroatoms. The molecule has 3 aromatic rings. The Hall–Kier alpha value is -3.42. The largest absolute Gasteiger partial charge is 0.507 e. The molecule has 1 saturated heterocycles. The van der Waals surface area contributed by atoms with Crippen LogP contribution in [0.25, 0.3) is 0 Å². The predicted octanol–water partition coefficient (Wildman–Crippen LogP) is 4.22. The molecule has 33 heavy (non-hydrogen) atoms. The van der Waals surface area contributed by atoms with Gasteiger partial charge in [-0.25, -0.2) is 4.39 Å². The zero-order chi connectivity index (χ0) is 23.5. The first kappa shape index (κ1) is 22.8. The molecule has 3 atom stereocenters. The monoisotopic (exact) mass is 450 g/mol. The van der Waals surface area contributed by atoms with Gasteiger partial charge in [-0.05, 0) is 60.4 Å². The molecular weight excluding hydrogens is 423 g/mol. The summed E-state index contributed by atoms with van der Waals surface area (Å²) in [5.74, 6) is -0.314. The maximum Gasteiger partial charge on any atom is 0.233 e. The summed E-state index contributed by atoms with van der Waals surface area (Å²) < 4.78 is 18.4. The summed E-state index contributed by atoms with van der Waals surface area (Å²) in [6.07, 6.45) is -0.0817. The normalized spacial score (nSPS) is 18.7. The molecule has 6 nitrogen and oxygen atoms in total. The van der Waals surface area contributed by atoms with Gasteiger partial charge in [0.25, 0.3) is 0 Å². The number of nitrogens with two attached hydrogens (primary N) is 1. The van der Waals surface area contributed by atoms with Gasteiger partial charge in [0.15, 0.2) is 0 Å². The number of aliphatic hydroxyl groups is 1. The van der Waals surface area contributed by atoms with Crippen LogP contribution in [-0.4, -0.2) is 23.2 Å². The first-order valence-electron chi connectivity index (χ1n) is 10.9. The molecule has 0 spiro atoms. The number of β-lactam (4-membered cyclic amide) rings is 1. The van der Waals surface area contributed by atoms with Gasteiger partial charge in [0.05, 0.1) is 25.2 Å². The van der Waals surface area contributed by atoms with E-state index in [9.17, 15) is 19.4 Å². The van der Waals surface area contributed by atoms with Crippen molar-refractivity contribution >= 4 is 11.6 Å². The molecule has 1 heterocycles. The lowest BCUT2D eigenvalue weighted by Crippen LogP contribution is -2.55. The van der Waals surface area contributed by atoms with Crippen LogP contribution in [0.4, 0.5) is 10.1 Å². The number of halogens is 1. The molecule has 3 unspecified atom stereocenters. The summed E-state index contributed by atoms with van der Waals surface area (Å²) in [6, 6.07) is 17.8. The summed E-state index contributed by atoms with van der Waals surface area (Å²) in [5.41, 5.74) is 8.57. The minimum atomic E-state index is -0.818. The number of hydrogen-bond donors (Lipinski definition) is 3. The SMILES string of the molecule is COc1ccc(C2C(CCC(O)c3ccc(F)cc3)C(=O)N2c2ccc(CN)cc2)c(O)c1. The standard InChI is InChI=1S/C26H27FN2O4/c1-33-20-10-11-21(24(31)14-20)25-22(12-13-23(30)17-4-6-18(27)7-5-17)26(32)29(25)19-8-2-16(15-28)3-9-19/h2-11,14,22-23,25,30-31H,12-13,15,28H2,1H3. The number of rotatable bonds is 8. The van der Waals surface area contributed by atoms with Crippen molar-refractivity contribution in [1.82, 2.24) is 0 Å². The second kappa shape index (κ2) is 9.60. The number of phenols is 1. The Bertz CT molecular complexity index is 1120. The number of nitrogens with zero attached hydrogens (tertiary/aromatic N) is 1. The zero-order valence-corrected chi connectivity index (χ0v) is 18.3. The van der Waals surface area contributed by atoms with Crippen molar-refractivity contribution < 1.29 is 24.1 Å². The minimum absolute atomic E-state index is 0.0412. The van der Waals surface area contributed by atoms with Crippen LogP contribution in [0.2, 0.25) is 0 Å². The molecule has 0 bridgehead atoms. The molecule has 1 aliphatic rings. The third kappa shape index (κ3) is 4.55. The highest BCUT2D eigenvalue weighted by atomic mass is 19.1. The van der Waals surface area contributed by atoms with Crippen molar-refractivity contribution in [2.24, 2.45) is 11.7 Å². The van der Waals surface area contributed by atoms with Gasteiger partial charge in [-0.1, -0.05) is 24.3 Å². The Morgan fingerprint density at radius 1 is 1.09 bits per heavy atom. The number of anilines is 1. The highest BCUT2D eigenvalue weighted by Crippen LogP contribution is 2.49. The number of benzene rings is 3. The number of carbonyl (C=O) groups is 1. The molecule has 0 aromatic heterocycles. The molecule has 172 valence electrons. The molecule has 1 aliphatic heterocycles. The van der Waals surface area contributed by atoms with Gasteiger partial charge in [0, 0.05) is 23.9 Å². The van der Waals surface area contributed by atoms with Crippen LogP contribution in [0.1, 0.15) is 41.7 Å². The molecule has 1 amide bonds. The van der Waals surface area contributed by atoms with Crippen LogP contribution in [0, 0.1) is 11.7 Å². The van der Waals surface area contributed by atoms with Gasteiger partial charge in [-0.3, -0.25) is 4.79 Å². The second-order valence-corrected chi connectivity index (χ2v) is 8.20. The lowest BCUT2D eigenvalue weighted by molar-refractivity contribution is -0.131. The number of carbonyl (C=O) groups excluding carboxylic acids is 1. The van der Waals surface area contributed by atoms with E-state index < -0.39 is 18.1 Å². The van der Waals surface area contributed by atoms with Crippen molar-refractivity contribution in [1.29, 1.82) is 0 Å². The maximum atomic E-state index is 13.2. The molecule has 0 aliphatic carbocycles. The molecule has 0 saturated carbocycles. The fourth-order valence-electron chi connectivity index (χ4n) is 4.36. The van der Waals surface area contributed by atoms with E-state index in [1.54, 1.807) is 29.2 Å². The third-order valence-electron chi connectivity index (χ3n) is 6.23. The number of phenolic OH excluding ortho intramolecular Hbond substituents is 1. The molecule has 1 fully saturated rings. The minimum Gasteiger partial charge on any atom is -0.507 e. The molecule has 3 aromatic carbocycles. The predicted molar refractivity (Wildman–Crippen MR) is 123 cm³/mol. The Morgan fingerprint density at radius 3 is 2.39 bits per heavy atom. The Morgan fingerprint density at radius 2 is 1.79 bits per heavy atom. The zero-order valence-electron chi connectivity index (χ0n) is 18.3. The quantitative estimate of drug-likeness (QED) is 0.447. The van der Waals surface area contributed by atoms with E-state index in [2.05, 4.69) is 0 Å². The van der Waals surface area contributed by atoms with Crippen LogP contribution in [-0.2, 0) is 11.3 Å². The Kier molecular flexibility index (Phi) is 6.62. The van der Waals surface area contributed by atoms with Gasteiger partial charge in [0.2, 0.25) is 5.91 Å². The van der Waals surface area contributed by atoms with E-state index in [4.69, 9.17) is 10.5 Å². The maximum absolute atomic E-state index is 13.2. The van der Waals surface area contributed by atoms with E-state index in [-0.39, 0.29) is 17.5 Å². The lowest BCUT2D eigenvalue weighted by atomic mass is 9.78. The van der Waals surface area contributed by atoms with Crippen LogP contribution in [0.15, 0.2) is 66.7 Å². The van der Waals surface area contributed by atoms with E-state index in [1.807, 2.05) is 24.3 Å². The third-order valence-corrected chi connectivity index (χ3v) is 6.23. The van der Waals surface area contributed by atoms with E-state index in [0.29, 0.717) is 42.0 Å². The number of hydrogen-bond acceptors (Lipinski definition) is 5. The van der Waals surface area contributed by atoms with E-state index in [1.165, 1.54) is 25.3 Å². The van der Waals surface area contributed by atoms with Gasteiger partial charge < -0.3 is 25.6 Å². The molecular formula is C26H27FN2O4. The van der Waals surface area contributed by atoms with Gasteiger partial charge in [0.1, 0.15) is 17.3 Å². The van der Waals surface area contributed by atoms with Crippen LogP contribution >= 0.6 is 0 Å². The van der Waals surface area contributed by atoms with Crippen LogP contribution in [0.5, 0.6) is 11.5 Å². The Balaban J connectivity index is 1.59. The number of methoxy groups -OCH3 is 1. The van der Waals surface area contributed by atoms with Crippen molar-refractivity contribution in [3.05, 3.63) is 89.2 Å².